The van der Waals surface area contributed by atoms with E-state index in [0.717, 1.165) is 4.90 Å². The number of carbonyl (C=O) groups is 8. The molecule has 21 heteroatoms. The van der Waals surface area contributed by atoms with Gasteiger partial charge in [-0.25, -0.2) is 0 Å². The van der Waals surface area contributed by atoms with Crippen LogP contribution in [0.25, 0.3) is 10.9 Å². The highest BCUT2D eigenvalue weighted by Gasteiger charge is 2.43. The van der Waals surface area contributed by atoms with E-state index in [2.05, 4.69) is 62.1 Å². The molecule has 300 valence electrons. The third-order valence-corrected chi connectivity index (χ3v) is 10.1. The van der Waals surface area contributed by atoms with Crippen LogP contribution >= 0.6 is 25.3 Å². The van der Waals surface area contributed by atoms with Crippen molar-refractivity contribution >= 4 is 83.5 Å². The normalized spacial score (nSPS) is 28.5. The molecule has 55 heavy (non-hydrogen) atoms. The summed E-state index contributed by atoms with van der Waals surface area (Å²) in [5, 5.41) is 46.0. The zero-order valence-electron chi connectivity index (χ0n) is 30.2. The van der Waals surface area contributed by atoms with Crippen molar-refractivity contribution < 1.29 is 53.7 Å². The number of benzene rings is 1. The fraction of sp³-hybridized carbons (Fsp3) is 0.529. The summed E-state index contributed by atoms with van der Waals surface area (Å²) >= 11 is 8.69. The van der Waals surface area contributed by atoms with E-state index in [0.29, 0.717) is 21.5 Å². The van der Waals surface area contributed by atoms with Crippen molar-refractivity contribution in [2.24, 2.45) is 0 Å². The average Bonchev–Trinajstić information content (AvgIpc) is 3.68. The molecule has 1 aromatic carbocycles. The van der Waals surface area contributed by atoms with E-state index >= 15 is 0 Å². The highest BCUT2D eigenvalue weighted by Crippen LogP contribution is 2.26. The number of aliphatic hydroxyl groups is 2. The number of para-hydroxylation sites is 1. The predicted octanol–water partition coefficient (Wildman–Crippen LogP) is -2.90. The average molecular weight is 807 g/mol. The highest BCUT2D eigenvalue weighted by molar-refractivity contribution is 7.80. The van der Waals surface area contributed by atoms with Gasteiger partial charge in [-0.2, -0.15) is 12.6 Å². The van der Waals surface area contributed by atoms with Crippen molar-refractivity contribution in [3.8, 4) is 0 Å². The number of H-pyrrole nitrogens is 1. The summed E-state index contributed by atoms with van der Waals surface area (Å²) in [5.41, 5.74) is 1.19. The standard InChI is InChI=1S/C34H46N8O11S2/c1-14-27(47)38-22(11-19-18-6-4-5-7-20(18)40-33(19)55)30(50)37-21(8-9-25(45)46)29(49)35-15(2)28(48)41-26(16(3)43)32(52)39-23(13-54)34(53)42-12-17(44)10-24(42)31(51)36-14/h4-7,14-17,21-24,26,40,43-44,54-55H,8-13H2,1-3H3,(H,35,49)(H,36,51)(H,37,50)(H,38,47)(H,39,52)(H,41,48)(H,45,46)/t14-,15-,16+,17?,21-,22-,23-,24-,26+/m0/s1. The maximum Gasteiger partial charge on any atom is 0.303 e. The molecule has 0 spiro atoms. The van der Waals surface area contributed by atoms with Gasteiger partial charge in [-0.3, -0.25) is 38.4 Å². The summed E-state index contributed by atoms with van der Waals surface area (Å²) in [6.07, 6.45) is -4.06. The maximum absolute atomic E-state index is 14.0. The van der Waals surface area contributed by atoms with Gasteiger partial charge in [0.15, 0.2) is 0 Å². The van der Waals surface area contributed by atoms with Crippen LogP contribution in [-0.2, 0) is 44.8 Å². The minimum absolute atomic E-state index is 0.183. The van der Waals surface area contributed by atoms with E-state index in [1.165, 1.54) is 20.8 Å². The summed E-state index contributed by atoms with van der Waals surface area (Å²) in [7, 11) is 0. The molecule has 2 saturated heterocycles. The number of aliphatic carboxylic acids is 1. The molecule has 4 rings (SSSR count). The van der Waals surface area contributed by atoms with Crippen LogP contribution in [-0.4, -0.2) is 139 Å². The first-order valence-corrected chi connectivity index (χ1v) is 18.6. The topological polar surface area (TPSA) is 288 Å². The number of carboxylic acid groups (broad SMARTS) is 1. The van der Waals surface area contributed by atoms with E-state index in [9.17, 15) is 53.7 Å². The lowest BCUT2D eigenvalue weighted by atomic mass is 10.0. The molecule has 0 radical (unpaired) electrons. The van der Waals surface area contributed by atoms with E-state index in [1.807, 2.05) is 0 Å². The van der Waals surface area contributed by atoms with Crippen molar-refractivity contribution in [3.63, 3.8) is 0 Å². The fourth-order valence-electron chi connectivity index (χ4n) is 6.30. The summed E-state index contributed by atoms with van der Waals surface area (Å²) in [6.45, 7) is 3.47. The second-order valence-corrected chi connectivity index (χ2v) is 14.4. The zero-order valence-corrected chi connectivity index (χ0v) is 32.0. The second kappa shape index (κ2) is 18.7. The largest absolute Gasteiger partial charge is 0.481 e. The zero-order chi connectivity index (χ0) is 40.7. The highest BCUT2D eigenvalue weighted by atomic mass is 32.1. The molecule has 0 saturated carbocycles. The van der Waals surface area contributed by atoms with E-state index in [-0.39, 0.29) is 25.1 Å². The van der Waals surface area contributed by atoms with Crippen LogP contribution in [0.1, 0.15) is 45.6 Å². The maximum atomic E-state index is 14.0. The molecular formula is C34H46N8O11S2. The molecule has 19 nitrogen and oxygen atoms in total. The van der Waals surface area contributed by atoms with Gasteiger partial charge in [-0.05, 0) is 38.8 Å². The Bertz CT molecular complexity index is 1820. The molecule has 0 aliphatic carbocycles. The molecule has 10 N–H and O–H groups in total. The molecule has 1 unspecified atom stereocenters. The molecule has 2 aromatic rings. The number of aromatic amines is 1. The van der Waals surface area contributed by atoms with Gasteiger partial charge < -0.3 is 57.1 Å². The number of rotatable bonds is 7. The number of amides is 7. The third-order valence-electron chi connectivity index (χ3n) is 9.34. The molecule has 2 aliphatic heterocycles. The van der Waals surface area contributed by atoms with Crippen molar-refractivity contribution in [2.45, 2.75) is 106 Å². The summed E-state index contributed by atoms with van der Waals surface area (Å²) < 4.78 is 0. The minimum Gasteiger partial charge on any atom is -0.481 e. The van der Waals surface area contributed by atoms with Crippen LogP contribution in [0.2, 0.25) is 0 Å². The van der Waals surface area contributed by atoms with Gasteiger partial charge in [-0.1, -0.05) is 18.2 Å². The Morgan fingerprint density at radius 3 is 2.05 bits per heavy atom. The van der Waals surface area contributed by atoms with Gasteiger partial charge in [0.1, 0.15) is 42.3 Å². The van der Waals surface area contributed by atoms with E-state index in [1.54, 1.807) is 24.3 Å². The van der Waals surface area contributed by atoms with Gasteiger partial charge in [0.25, 0.3) is 0 Å². The number of nitrogens with zero attached hydrogens (tertiary/aromatic N) is 1. The number of hydrogen-bond acceptors (Lipinski definition) is 12. The van der Waals surface area contributed by atoms with E-state index < -0.39 is 115 Å². The number of carboxylic acids is 1. The lowest BCUT2D eigenvalue weighted by Crippen LogP contribution is -2.61. The number of aromatic nitrogens is 1. The SMILES string of the molecule is C[C@@H]1NC(=O)[C@H](CCC(=O)O)NC(=O)[C@H](Cc2c(S)[nH]c3ccccc23)NC(=O)[C@H](C)NC(=O)[C@@H]2CC(O)CN2C(=O)[C@H](CS)NC(=O)[C@@H]([C@@H](C)O)NC1=O. The lowest BCUT2D eigenvalue weighted by Gasteiger charge is -2.30. The van der Waals surface area contributed by atoms with Crippen molar-refractivity contribution in [1.82, 2.24) is 41.8 Å². The van der Waals surface area contributed by atoms with Crippen LogP contribution in [0.3, 0.4) is 0 Å². The van der Waals surface area contributed by atoms with Gasteiger partial charge >= 0.3 is 5.97 Å². The molecule has 2 fully saturated rings. The monoisotopic (exact) mass is 806 g/mol. The summed E-state index contributed by atoms with van der Waals surface area (Å²) in [4.78, 5) is 111. The Morgan fingerprint density at radius 1 is 0.836 bits per heavy atom. The first kappa shape index (κ1) is 42.9. The van der Waals surface area contributed by atoms with Gasteiger partial charge in [-0.15, -0.1) is 12.6 Å². The van der Waals surface area contributed by atoms with Crippen molar-refractivity contribution in [3.05, 3.63) is 29.8 Å². The second-order valence-electron chi connectivity index (χ2n) is 13.6. The Hall–Kier alpha value is -4.86. The van der Waals surface area contributed by atoms with Crippen molar-refractivity contribution in [1.29, 1.82) is 0 Å². The number of hydrogen-bond donors (Lipinski definition) is 12. The van der Waals surface area contributed by atoms with Gasteiger partial charge in [0.05, 0.1) is 17.2 Å². The molecular weight excluding hydrogens is 761 g/mol. The molecule has 0 bridgehead atoms. The minimum atomic E-state index is -1.65. The number of aliphatic hydroxyl groups excluding tert-OH is 2. The van der Waals surface area contributed by atoms with Crippen LogP contribution in [0.15, 0.2) is 29.3 Å². The third kappa shape index (κ3) is 10.7. The molecule has 1 aromatic heterocycles. The number of nitrogens with one attached hydrogen (secondary N) is 7. The molecule has 3 heterocycles. The van der Waals surface area contributed by atoms with Crippen LogP contribution in [0.5, 0.6) is 0 Å². The molecule has 9 atom stereocenters. The quantitative estimate of drug-likeness (QED) is 0.126. The van der Waals surface area contributed by atoms with E-state index in [4.69, 9.17) is 0 Å². The Labute approximate surface area is 326 Å². The number of carbonyl (C=O) groups excluding carboxylic acids is 7. The molecule has 7 amide bonds. The number of thiol groups is 2. The Morgan fingerprint density at radius 2 is 1.42 bits per heavy atom. The first-order valence-electron chi connectivity index (χ1n) is 17.5. The first-order chi connectivity index (χ1) is 25.9. The van der Waals surface area contributed by atoms with Crippen LogP contribution < -0.4 is 31.9 Å². The molecule has 2 aliphatic rings. The Kier molecular flexibility index (Phi) is 14.5. The van der Waals surface area contributed by atoms with Crippen molar-refractivity contribution in [2.75, 3.05) is 12.3 Å². The Balaban J connectivity index is 1.74. The van der Waals surface area contributed by atoms with Gasteiger partial charge in [0, 0.05) is 42.5 Å². The van der Waals surface area contributed by atoms with Crippen LogP contribution in [0.4, 0.5) is 0 Å². The summed E-state index contributed by atoms with van der Waals surface area (Å²) in [6, 6.07) is -2.96. The number of fused-ring (bicyclic) bond motifs is 2. The lowest BCUT2D eigenvalue weighted by molar-refractivity contribution is -0.142. The smallest absolute Gasteiger partial charge is 0.303 e. The fourth-order valence-corrected chi connectivity index (χ4v) is 6.88. The summed E-state index contributed by atoms with van der Waals surface area (Å²) in [5.74, 6) is -7.94. The van der Waals surface area contributed by atoms with Crippen LogP contribution in [0, 0.1) is 0 Å². The predicted molar refractivity (Wildman–Crippen MR) is 201 cm³/mol. The van der Waals surface area contributed by atoms with Gasteiger partial charge in [0.2, 0.25) is 41.4 Å².